The Labute approximate surface area is 133 Å². The molecule has 1 aromatic carbocycles. The van der Waals surface area contributed by atoms with Crippen molar-refractivity contribution in [2.24, 2.45) is 0 Å². The molecule has 23 heavy (non-hydrogen) atoms. The third kappa shape index (κ3) is 2.45. The number of anilines is 1. The molecule has 1 aliphatic heterocycles. The van der Waals surface area contributed by atoms with Gasteiger partial charge in [-0.05, 0) is 25.0 Å². The lowest BCUT2D eigenvalue weighted by atomic mass is 10.1. The number of hydrogen-bond donors (Lipinski definition) is 1. The van der Waals surface area contributed by atoms with E-state index in [2.05, 4.69) is 15.0 Å². The monoisotopic (exact) mass is 312 g/mol. The van der Waals surface area contributed by atoms with Gasteiger partial charge in [-0.3, -0.25) is 0 Å². The first kappa shape index (κ1) is 14.1. The molecule has 118 valence electrons. The Kier molecular flexibility index (Phi) is 3.46. The number of hydrogen-bond acceptors (Lipinski definition) is 4. The van der Waals surface area contributed by atoms with Gasteiger partial charge in [0.15, 0.2) is 5.65 Å². The molecule has 3 aromatic rings. The normalized spacial score (nSPS) is 16.2. The summed E-state index contributed by atoms with van der Waals surface area (Å²) in [5.74, 6) is 0.639. The fourth-order valence-electron chi connectivity index (χ4n) is 3.08. The van der Waals surface area contributed by atoms with Crippen LogP contribution in [0.4, 0.5) is 10.2 Å². The second-order valence-corrected chi connectivity index (χ2v) is 5.79. The average molecular weight is 312 g/mol. The van der Waals surface area contributed by atoms with Crippen molar-refractivity contribution in [3.05, 3.63) is 48.5 Å². The molecule has 1 N–H and O–H groups in total. The van der Waals surface area contributed by atoms with E-state index in [-0.39, 0.29) is 11.9 Å². The van der Waals surface area contributed by atoms with Crippen LogP contribution in [0.5, 0.6) is 0 Å². The summed E-state index contributed by atoms with van der Waals surface area (Å²) >= 11 is 0. The lowest BCUT2D eigenvalue weighted by molar-refractivity contribution is 0.145. The van der Waals surface area contributed by atoms with Gasteiger partial charge in [-0.15, -0.1) is 0 Å². The molecule has 3 heterocycles. The van der Waals surface area contributed by atoms with Crippen LogP contribution in [0.25, 0.3) is 16.8 Å². The van der Waals surface area contributed by atoms with E-state index < -0.39 is 0 Å². The maximum absolute atomic E-state index is 14.1. The molecular formula is C17H17FN4O. The van der Waals surface area contributed by atoms with E-state index in [1.54, 1.807) is 35.1 Å². The summed E-state index contributed by atoms with van der Waals surface area (Å²) in [6.07, 6.45) is 4.64. The summed E-state index contributed by atoms with van der Waals surface area (Å²) in [6.45, 7) is 1.55. The Morgan fingerprint density at radius 1 is 1.09 bits per heavy atom. The van der Waals surface area contributed by atoms with E-state index in [1.165, 1.54) is 6.07 Å². The van der Waals surface area contributed by atoms with Crippen molar-refractivity contribution in [1.29, 1.82) is 0 Å². The lowest BCUT2D eigenvalue weighted by Crippen LogP contribution is -2.36. The van der Waals surface area contributed by atoms with Crippen molar-refractivity contribution >= 4 is 11.5 Å². The van der Waals surface area contributed by atoms with Crippen molar-refractivity contribution in [3.8, 4) is 11.1 Å². The number of halogens is 1. The Morgan fingerprint density at radius 3 is 2.65 bits per heavy atom. The standard InChI is InChI=1S/C17H17FN4O/c18-15-4-2-1-3-13(15)14-11-20-22-16(5-8-19-17(14)22)21-9-6-12(23)7-10-21/h1-5,8,11-12,23H,6-7,9-10H2. The highest BCUT2D eigenvalue weighted by molar-refractivity contribution is 5.78. The number of nitrogens with zero attached hydrogens (tertiary/aromatic N) is 4. The van der Waals surface area contributed by atoms with Gasteiger partial charge in [-0.1, -0.05) is 18.2 Å². The molecule has 0 spiro atoms. The molecule has 4 rings (SSSR count). The molecule has 1 aliphatic rings. The highest BCUT2D eigenvalue weighted by atomic mass is 19.1. The zero-order valence-electron chi connectivity index (χ0n) is 12.6. The van der Waals surface area contributed by atoms with E-state index in [0.29, 0.717) is 16.8 Å². The van der Waals surface area contributed by atoms with Crippen LogP contribution in [0.1, 0.15) is 12.8 Å². The van der Waals surface area contributed by atoms with Crippen molar-refractivity contribution in [2.75, 3.05) is 18.0 Å². The number of fused-ring (bicyclic) bond motifs is 1. The molecule has 0 bridgehead atoms. The molecule has 0 aliphatic carbocycles. The molecule has 2 aromatic heterocycles. The SMILES string of the molecule is OC1CCN(c2ccnc3c(-c4ccccc4F)cnn23)CC1. The van der Waals surface area contributed by atoms with Crippen molar-refractivity contribution in [2.45, 2.75) is 18.9 Å². The third-order valence-corrected chi connectivity index (χ3v) is 4.33. The number of aliphatic hydroxyl groups is 1. The van der Waals surface area contributed by atoms with Crippen LogP contribution in [0.3, 0.4) is 0 Å². The van der Waals surface area contributed by atoms with Crippen LogP contribution < -0.4 is 4.90 Å². The summed E-state index contributed by atoms with van der Waals surface area (Å²) < 4.78 is 15.8. The Bertz CT molecular complexity index is 839. The first-order chi connectivity index (χ1) is 11.2. The van der Waals surface area contributed by atoms with Gasteiger partial charge in [-0.25, -0.2) is 9.37 Å². The zero-order chi connectivity index (χ0) is 15.8. The highest BCUT2D eigenvalue weighted by Gasteiger charge is 2.21. The molecule has 0 saturated carbocycles. The number of aromatic nitrogens is 3. The summed E-state index contributed by atoms with van der Waals surface area (Å²) in [7, 11) is 0. The number of piperidine rings is 1. The van der Waals surface area contributed by atoms with Crippen LogP contribution in [0, 0.1) is 5.82 Å². The van der Waals surface area contributed by atoms with Gasteiger partial charge in [0.05, 0.1) is 12.3 Å². The van der Waals surface area contributed by atoms with E-state index in [9.17, 15) is 9.50 Å². The van der Waals surface area contributed by atoms with Crippen molar-refractivity contribution < 1.29 is 9.50 Å². The summed E-state index contributed by atoms with van der Waals surface area (Å²) in [6, 6.07) is 8.55. The van der Waals surface area contributed by atoms with Crippen molar-refractivity contribution in [3.63, 3.8) is 0 Å². The molecule has 0 atom stereocenters. The predicted octanol–water partition coefficient (Wildman–Crippen LogP) is 2.50. The largest absolute Gasteiger partial charge is 0.393 e. The van der Waals surface area contributed by atoms with Gasteiger partial charge >= 0.3 is 0 Å². The van der Waals surface area contributed by atoms with E-state index >= 15 is 0 Å². The lowest BCUT2D eigenvalue weighted by Gasteiger charge is -2.31. The quantitative estimate of drug-likeness (QED) is 0.790. The first-order valence-electron chi connectivity index (χ1n) is 7.74. The summed E-state index contributed by atoms with van der Waals surface area (Å²) in [5.41, 5.74) is 1.82. The zero-order valence-corrected chi connectivity index (χ0v) is 12.6. The van der Waals surface area contributed by atoms with Crippen LogP contribution in [-0.2, 0) is 0 Å². The number of benzene rings is 1. The number of aliphatic hydroxyl groups excluding tert-OH is 1. The van der Waals surface area contributed by atoms with Crippen LogP contribution >= 0.6 is 0 Å². The second kappa shape index (κ2) is 5.62. The van der Waals surface area contributed by atoms with E-state index in [0.717, 1.165) is 31.7 Å². The van der Waals surface area contributed by atoms with E-state index in [4.69, 9.17) is 0 Å². The smallest absolute Gasteiger partial charge is 0.165 e. The maximum Gasteiger partial charge on any atom is 0.165 e. The molecule has 0 radical (unpaired) electrons. The minimum Gasteiger partial charge on any atom is -0.393 e. The Hall–Kier alpha value is -2.47. The van der Waals surface area contributed by atoms with Gasteiger partial charge in [0.1, 0.15) is 11.6 Å². The third-order valence-electron chi connectivity index (χ3n) is 4.33. The molecule has 5 nitrogen and oxygen atoms in total. The fraction of sp³-hybridized carbons (Fsp3) is 0.294. The van der Waals surface area contributed by atoms with Gasteiger partial charge in [0, 0.05) is 30.4 Å². The highest BCUT2D eigenvalue weighted by Crippen LogP contribution is 2.28. The Morgan fingerprint density at radius 2 is 1.87 bits per heavy atom. The Balaban J connectivity index is 1.80. The molecule has 1 fully saturated rings. The number of rotatable bonds is 2. The fourth-order valence-corrected chi connectivity index (χ4v) is 3.08. The van der Waals surface area contributed by atoms with Gasteiger partial charge in [0.25, 0.3) is 0 Å². The van der Waals surface area contributed by atoms with Crippen molar-refractivity contribution in [1.82, 2.24) is 14.6 Å². The topological polar surface area (TPSA) is 53.7 Å². The van der Waals surface area contributed by atoms with Gasteiger partial charge < -0.3 is 10.0 Å². The average Bonchev–Trinajstić information content (AvgIpc) is 3.00. The summed E-state index contributed by atoms with van der Waals surface area (Å²) in [4.78, 5) is 6.57. The summed E-state index contributed by atoms with van der Waals surface area (Å²) in [5, 5.41) is 14.1. The molecular weight excluding hydrogens is 295 g/mol. The van der Waals surface area contributed by atoms with Crippen LogP contribution in [0.15, 0.2) is 42.7 Å². The minimum atomic E-state index is -0.282. The molecule has 0 unspecified atom stereocenters. The second-order valence-electron chi connectivity index (χ2n) is 5.79. The van der Waals surface area contributed by atoms with E-state index in [1.807, 2.05) is 6.07 Å². The first-order valence-corrected chi connectivity index (χ1v) is 7.74. The minimum absolute atomic E-state index is 0.227. The predicted molar refractivity (Wildman–Crippen MR) is 85.8 cm³/mol. The van der Waals surface area contributed by atoms with Gasteiger partial charge in [0.2, 0.25) is 0 Å². The molecule has 6 heteroatoms. The van der Waals surface area contributed by atoms with Crippen LogP contribution in [0.2, 0.25) is 0 Å². The van der Waals surface area contributed by atoms with Crippen LogP contribution in [-0.4, -0.2) is 38.9 Å². The molecule has 0 amide bonds. The molecule has 1 saturated heterocycles. The maximum atomic E-state index is 14.1. The van der Waals surface area contributed by atoms with Gasteiger partial charge in [-0.2, -0.15) is 9.61 Å².